The average molecular weight is 274 g/mol. The number of hydrogen-bond donors (Lipinski definition) is 1. The van der Waals surface area contributed by atoms with Gasteiger partial charge in [0.15, 0.2) is 0 Å². The van der Waals surface area contributed by atoms with Crippen molar-refractivity contribution in [2.45, 2.75) is 52.5 Å². The Morgan fingerprint density at radius 1 is 1.40 bits per heavy atom. The molecule has 3 heteroatoms. The van der Waals surface area contributed by atoms with Crippen molar-refractivity contribution in [2.75, 3.05) is 18.4 Å². The van der Waals surface area contributed by atoms with Crippen LogP contribution in [0.15, 0.2) is 18.2 Å². The molecule has 1 aliphatic heterocycles. The molecule has 0 aliphatic carbocycles. The number of carbonyl (C=O) groups is 1. The smallest absolute Gasteiger partial charge is 0.238 e. The van der Waals surface area contributed by atoms with Gasteiger partial charge in [0.05, 0.1) is 6.54 Å². The van der Waals surface area contributed by atoms with Crippen LogP contribution in [-0.4, -0.2) is 29.9 Å². The van der Waals surface area contributed by atoms with Crippen molar-refractivity contribution in [1.82, 2.24) is 4.90 Å². The molecule has 0 saturated carbocycles. The first-order chi connectivity index (χ1) is 9.61. The number of hydrogen-bond acceptors (Lipinski definition) is 2. The highest BCUT2D eigenvalue weighted by Gasteiger charge is 2.21. The number of anilines is 1. The number of amides is 1. The van der Waals surface area contributed by atoms with Crippen molar-refractivity contribution in [3.05, 3.63) is 29.3 Å². The molecule has 1 aromatic rings. The summed E-state index contributed by atoms with van der Waals surface area (Å²) in [7, 11) is 0. The quantitative estimate of drug-likeness (QED) is 0.913. The summed E-state index contributed by atoms with van der Waals surface area (Å²) in [4.78, 5) is 14.6. The number of benzene rings is 1. The van der Waals surface area contributed by atoms with Crippen LogP contribution < -0.4 is 5.32 Å². The van der Waals surface area contributed by atoms with Crippen LogP contribution in [0.3, 0.4) is 0 Å². The summed E-state index contributed by atoms with van der Waals surface area (Å²) in [5, 5.41) is 3.12. The summed E-state index contributed by atoms with van der Waals surface area (Å²) in [5.74, 6) is 0.114. The van der Waals surface area contributed by atoms with Crippen molar-refractivity contribution < 1.29 is 4.79 Å². The molecule has 2 rings (SSSR count). The molecule has 1 saturated heterocycles. The Bertz CT molecular complexity index is 470. The van der Waals surface area contributed by atoms with Crippen molar-refractivity contribution >= 4 is 11.6 Å². The number of para-hydroxylation sites is 1. The van der Waals surface area contributed by atoms with Crippen molar-refractivity contribution in [2.24, 2.45) is 0 Å². The van der Waals surface area contributed by atoms with E-state index in [2.05, 4.69) is 49.2 Å². The fourth-order valence-corrected chi connectivity index (χ4v) is 2.96. The van der Waals surface area contributed by atoms with Crippen molar-refractivity contribution in [3.8, 4) is 0 Å². The lowest BCUT2D eigenvalue weighted by Gasteiger charge is -2.32. The van der Waals surface area contributed by atoms with Crippen molar-refractivity contribution in [1.29, 1.82) is 0 Å². The highest BCUT2D eigenvalue weighted by Crippen LogP contribution is 2.21. The van der Waals surface area contributed by atoms with Gasteiger partial charge in [0, 0.05) is 11.7 Å². The van der Waals surface area contributed by atoms with E-state index in [9.17, 15) is 4.79 Å². The zero-order valence-electron chi connectivity index (χ0n) is 12.9. The number of rotatable bonds is 4. The largest absolute Gasteiger partial charge is 0.324 e. The van der Waals surface area contributed by atoms with Crippen LogP contribution in [-0.2, 0) is 11.2 Å². The Labute approximate surface area is 122 Å². The summed E-state index contributed by atoms with van der Waals surface area (Å²) >= 11 is 0. The molecular weight excluding hydrogens is 248 g/mol. The molecule has 0 bridgehead atoms. The van der Waals surface area contributed by atoms with Gasteiger partial charge >= 0.3 is 0 Å². The molecule has 1 heterocycles. The second-order valence-corrected chi connectivity index (χ2v) is 5.83. The Kier molecular flexibility index (Phi) is 5.18. The van der Waals surface area contributed by atoms with Gasteiger partial charge in [-0.15, -0.1) is 0 Å². The molecule has 1 N–H and O–H groups in total. The minimum Gasteiger partial charge on any atom is -0.324 e. The van der Waals surface area contributed by atoms with Crippen LogP contribution in [0.4, 0.5) is 5.69 Å². The molecule has 20 heavy (non-hydrogen) atoms. The lowest BCUT2D eigenvalue weighted by Crippen LogP contribution is -2.42. The second-order valence-electron chi connectivity index (χ2n) is 5.83. The maximum atomic E-state index is 12.3. The average Bonchev–Trinajstić information content (AvgIpc) is 2.43. The molecule has 3 nitrogen and oxygen atoms in total. The van der Waals surface area contributed by atoms with Gasteiger partial charge in [-0.05, 0) is 50.8 Å². The van der Waals surface area contributed by atoms with Crippen LogP contribution in [0.2, 0.25) is 0 Å². The standard InChI is InChI=1S/C17H26N2O/c1-4-15-10-7-8-13(2)17(15)18-16(20)12-19-11-6-5-9-14(19)3/h7-8,10,14H,4-6,9,11-12H2,1-3H3,(H,18,20). The van der Waals surface area contributed by atoms with Gasteiger partial charge in [-0.1, -0.05) is 31.5 Å². The minimum atomic E-state index is 0.114. The number of aryl methyl sites for hydroxylation is 2. The molecule has 110 valence electrons. The Balaban J connectivity index is 2.01. The number of nitrogens with zero attached hydrogens (tertiary/aromatic N) is 1. The summed E-state index contributed by atoms with van der Waals surface area (Å²) in [6.07, 6.45) is 4.65. The van der Waals surface area contributed by atoms with Gasteiger partial charge in [0.1, 0.15) is 0 Å². The lowest BCUT2D eigenvalue weighted by atomic mass is 10.0. The molecule has 1 aromatic carbocycles. The van der Waals surface area contributed by atoms with Crippen LogP contribution >= 0.6 is 0 Å². The van der Waals surface area contributed by atoms with E-state index in [1.807, 2.05) is 0 Å². The maximum absolute atomic E-state index is 12.3. The number of carbonyl (C=O) groups excluding carboxylic acids is 1. The molecule has 1 aliphatic rings. The highest BCUT2D eigenvalue weighted by atomic mass is 16.2. The predicted octanol–water partition coefficient (Wildman–Crippen LogP) is 3.37. The topological polar surface area (TPSA) is 32.3 Å². The fraction of sp³-hybridized carbons (Fsp3) is 0.588. The van der Waals surface area contributed by atoms with E-state index in [0.717, 1.165) is 24.2 Å². The van der Waals surface area contributed by atoms with E-state index >= 15 is 0 Å². The Morgan fingerprint density at radius 2 is 2.20 bits per heavy atom. The van der Waals surface area contributed by atoms with Crippen LogP contribution in [0.1, 0.15) is 44.2 Å². The number of piperidine rings is 1. The van der Waals surface area contributed by atoms with Crippen LogP contribution in [0.5, 0.6) is 0 Å². The Morgan fingerprint density at radius 3 is 2.90 bits per heavy atom. The Hall–Kier alpha value is -1.35. The van der Waals surface area contributed by atoms with Gasteiger partial charge in [0.2, 0.25) is 5.91 Å². The first-order valence-electron chi connectivity index (χ1n) is 7.74. The SMILES string of the molecule is CCc1cccc(C)c1NC(=O)CN1CCCCC1C. The molecule has 1 atom stereocenters. The first-order valence-corrected chi connectivity index (χ1v) is 7.74. The summed E-state index contributed by atoms with van der Waals surface area (Å²) in [5.41, 5.74) is 3.36. The fourth-order valence-electron chi connectivity index (χ4n) is 2.96. The second kappa shape index (κ2) is 6.89. The van der Waals surface area contributed by atoms with Crippen LogP contribution in [0.25, 0.3) is 0 Å². The number of nitrogens with one attached hydrogen (secondary N) is 1. The molecule has 1 unspecified atom stereocenters. The van der Waals surface area contributed by atoms with Gasteiger partial charge in [-0.3, -0.25) is 9.69 Å². The summed E-state index contributed by atoms with van der Waals surface area (Å²) < 4.78 is 0. The zero-order chi connectivity index (χ0) is 14.5. The highest BCUT2D eigenvalue weighted by molar-refractivity contribution is 5.93. The third kappa shape index (κ3) is 3.60. The van der Waals surface area contributed by atoms with Gasteiger partial charge in [-0.2, -0.15) is 0 Å². The predicted molar refractivity (Wildman–Crippen MR) is 84.1 cm³/mol. The van der Waals surface area contributed by atoms with E-state index in [4.69, 9.17) is 0 Å². The van der Waals surface area contributed by atoms with E-state index in [1.54, 1.807) is 0 Å². The van der Waals surface area contributed by atoms with E-state index < -0.39 is 0 Å². The minimum absolute atomic E-state index is 0.114. The monoisotopic (exact) mass is 274 g/mol. The first kappa shape index (κ1) is 15.0. The molecule has 0 aromatic heterocycles. The molecule has 0 radical (unpaired) electrons. The van der Waals surface area contributed by atoms with Gasteiger partial charge in [-0.25, -0.2) is 0 Å². The third-order valence-electron chi connectivity index (χ3n) is 4.29. The summed E-state index contributed by atoms with van der Waals surface area (Å²) in [6, 6.07) is 6.72. The summed E-state index contributed by atoms with van der Waals surface area (Å²) in [6.45, 7) is 7.95. The molecule has 0 spiro atoms. The third-order valence-corrected chi connectivity index (χ3v) is 4.29. The lowest BCUT2D eigenvalue weighted by molar-refractivity contribution is -0.118. The van der Waals surface area contributed by atoms with E-state index in [1.165, 1.54) is 24.8 Å². The zero-order valence-corrected chi connectivity index (χ0v) is 12.9. The van der Waals surface area contributed by atoms with Crippen LogP contribution in [0, 0.1) is 6.92 Å². The molecule has 1 amide bonds. The van der Waals surface area contributed by atoms with E-state index in [-0.39, 0.29) is 5.91 Å². The van der Waals surface area contributed by atoms with Gasteiger partial charge < -0.3 is 5.32 Å². The number of likely N-dealkylation sites (tertiary alicyclic amines) is 1. The normalized spacial score (nSPS) is 19.9. The van der Waals surface area contributed by atoms with Crippen molar-refractivity contribution in [3.63, 3.8) is 0 Å². The molecular formula is C17H26N2O. The maximum Gasteiger partial charge on any atom is 0.238 e. The molecule has 1 fully saturated rings. The van der Waals surface area contributed by atoms with Gasteiger partial charge in [0.25, 0.3) is 0 Å². The van der Waals surface area contributed by atoms with E-state index in [0.29, 0.717) is 12.6 Å².